The zero-order valence-electron chi connectivity index (χ0n) is 7.27. The van der Waals surface area contributed by atoms with E-state index in [-0.39, 0.29) is 11.4 Å². The van der Waals surface area contributed by atoms with Crippen LogP contribution >= 0.6 is 0 Å². The lowest BCUT2D eigenvalue weighted by molar-refractivity contribution is 0.0692. The lowest BCUT2D eigenvalue weighted by Gasteiger charge is -2.04. The molecule has 70 valence electrons. The molecule has 0 bridgehead atoms. The number of pyridine rings is 1. The van der Waals surface area contributed by atoms with Gasteiger partial charge in [-0.3, -0.25) is 0 Å². The second kappa shape index (κ2) is 3.75. The van der Waals surface area contributed by atoms with Gasteiger partial charge in [-0.25, -0.2) is 9.78 Å². The summed E-state index contributed by atoms with van der Waals surface area (Å²) in [4.78, 5) is 14.4. The van der Waals surface area contributed by atoms with Crippen LogP contribution in [0, 0.1) is 0 Å². The van der Waals surface area contributed by atoms with Crippen molar-refractivity contribution in [3.8, 4) is 11.6 Å². The minimum atomic E-state index is -1.09. The van der Waals surface area contributed by atoms with Crippen molar-refractivity contribution in [2.45, 2.75) is 0 Å². The monoisotopic (exact) mass is 183 g/mol. The fourth-order valence-electron chi connectivity index (χ4n) is 0.861. The highest BCUT2D eigenvalue weighted by atomic mass is 16.5. The second-order valence-electron chi connectivity index (χ2n) is 2.24. The number of aromatic carboxylic acids is 1. The summed E-state index contributed by atoms with van der Waals surface area (Å²) in [6.45, 7) is 0. The number of carbonyl (C=O) groups is 1. The standard InChI is InChI=1S/C8H9NO4/c1-12-5-3-6(8(10)11)7(13-2)9-4-5/h3-4H,1-2H3,(H,10,11). The zero-order chi connectivity index (χ0) is 9.84. The molecular weight excluding hydrogens is 174 g/mol. The van der Waals surface area contributed by atoms with Crippen molar-refractivity contribution in [2.75, 3.05) is 14.2 Å². The highest BCUT2D eigenvalue weighted by Gasteiger charge is 2.12. The predicted molar refractivity (Wildman–Crippen MR) is 44.3 cm³/mol. The maximum absolute atomic E-state index is 10.7. The maximum atomic E-state index is 10.7. The van der Waals surface area contributed by atoms with Crippen LogP contribution in [0.1, 0.15) is 10.4 Å². The molecule has 1 rings (SSSR count). The van der Waals surface area contributed by atoms with Gasteiger partial charge in [0.05, 0.1) is 20.4 Å². The third-order valence-corrected chi connectivity index (χ3v) is 1.49. The Morgan fingerprint density at radius 2 is 2.15 bits per heavy atom. The molecule has 5 nitrogen and oxygen atoms in total. The topological polar surface area (TPSA) is 68.7 Å². The first kappa shape index (κ1) is 9.31. The zero-order valence-corrected chi connectivity index (χ0v) is 7.27. The first-order chi connectivity index (χ1) is 6.19. The Bertz CT molecular complexity index is 324. The Morgan fingerprint density at radius 3 is 2.62 bits per heavy atom. The minimum absolute atomic E-state index is 0.0122. The van der Waals surface area contributed by atoms with Crippen molar-refractivity contribution < 1.29 is 19.4 Å². The van der Waals surface area contributed by atoms with E-state index in [1.54, 1.807) is 0 Å². The van der Waals surface area contributed by atoms with E-state index in [0.29, 0.717) is 5.75 Å². The molecule has 0 radical (unpaired) electrons. The Kier molecular flexibility index (Phi) is 2.69. The van der Waals surface area contributed by atoms with E-state index in [1.165, 1.54) is 26.5 Å². The summed E-state index contributed by atoms with van der Waals surface area (Å²) in [6.07, 6.45) is 1.39. The van der Waals surface area contributed by atoms with Gasteiger partial charge in [0.2, 0.25) is 5.88 Å². The van der Waals surface area contributed by atoms with E-state index in [2.05, 4.69) is 4.98 Å². The molecule has 0 saturated heterocycles. The number of carboxylic acids is 1. The lowest BCUT2D eigenvalue weighted by atomic mass is 10.2. The van der Waals surface area contributed by atoms with E-state index in [4.69, 9.17) is 14.6 Å². The summed E-state index contributed by atoms with van der Waals surface area (Å²) in [5, 5.41) is 8.74. The van der Waals surface area contributed by atoms with Gasteiger partial charge in [0, 0.05) is 6.07 Å². The summed E-state index contributed by atoms with van der Waals surface area (Å²) in [5.74, 6) is -0.630. The Hall–Kier alpha value is -1.78. The van der Waals surface area contributed by atoms with Crippen molar-refractivity contribution in [2.24, 2.45) is 0 Å². The number of nitrogens with zero attached hydrogens (tertiary/aromatic N) is 1. The second-order valence-corrected chi connectivity index (χ2v) is 2.24. The van der Waals surface area contributed by atoms with Crippen LogP contribution in [0.25, 0.3) is 0 Å². The van der Waals surface area contributed by atoms with E-state index < -0.39 is 5.97 Å². The molecule has 0 aliphatic carbocycles. The van der Waals surface area contributed by atoms with Gasteiger partial charge in [0.15, 0.2) is 0 Å². The molecule has 1 aromatic heterocycles. The van der Waals surface area contributed by atoms with Crippen LogP contribution in [0.2, 0.25) is 0 Å². The van der Waals surface area contributed by atoms with E-state index in [1.807, 2.05) is 0 Å². The summed E-state index contributed by atoms with van der Waals surface area (Å²) < 4.78 is 9.58. The van der Waals surface area contributed by atoms with Gasteiger partial charge >= 0.3 is 5.97 Å². The highest BCUT2D eigenvalue weighted by molar-refractivity contribution is 5.90. The van der Waals surface area contributed by atoms with Gasteiger partial charge in [-0.2, -0.15) is 0 Å². The maximum Gasteiger partial charge on any atom is 0.341 e. The van der Waals surface area contributed by atoms with Gasteiger partial charge in [-0.15, -0.1) is 0 Å². The number of rotatable bonds is 3. The summed E-state index contributed by atoms with van der Waals surface area (Å²) in [7, 11) is 2.80. The molecule has 13 heavy (non-hydrogen) atoms. The molecule has 1 aromatic rings. The van der Waals surface area contributed by atoms with Crippen molar-refractivity contribution in [3.63, 3.8) is 0 Å². The van der Waals surface area contributed by atoms with Crippen LogP contribution in [0.4, 0.5) is 0 Å². The van der Waals surface area contributed by atoms with Crippen LogP contribution in [0.3, 0.4) is 0 Å². The molecular formula is C8H9NO4. The third kappa shape index (κ3) is 1.87. The summed E-state index contributed by atoms with van der Waals surface area (Å²) in [5.41, 5.74) is -0.0122. The summed E-state index contributed by atoms with van der Waals surface area (Å²) in [6, 6.07) is 1.36. The number of carboxylic acid groups (broad SMARTS) is 1. The molecule has 1 N–H and O–H groups in total. The normalized spacial score (nSPS) is 9.38. The SMILES string of the molecule is COc1cnc(OC)c(C(=O)O)c1. The Labute approximate surface area is 74.9 Å². The molecule has 0 saturated carbocycles. The molecule has 5 heteroatoms. The minimum Gasteiger partial charge on any atom is -0.495 e. The molecule has 0 spiro atoms. The number of hydrogen-bond donors (Lipinski definition) is 1. The molecule has 0 aliphatic heterocycles. The van der Waals surface area contributed by atoms with E-state index in [9.17, 15) is 4.79 Å². The smallest absolute Gasteiger partial charge is 0.341 e. The molecule has 0 amide bonds. The Morgan fingerprint density at radius 1 is 1.46 bits per heavy atom. The van der Waals surface area contributed by atoms with Crippen molar-refractivity contribution in [1.29, 1.82) is 0 Å². The number of hydrogen-bond acceptors (Lipinski definition) is 4. The fourth-order valence-corrected chi connectivity index (χ4v) is 0.861. The number of methoxy groups -OCH3 is 2. The quantitative estimate of drug-likeness (QED) is 0.750. The average molecular weight is 183 g/mol. The van der Waals surface area contributed by atoms with Crippen molar-refractivity contribution >= 4 is 5.97 Å². The number of ether oxygens (including phenoxy) is 2. The van der Waals surface area contributed by atoms with Gasteiger partial charge < -0.3 is 14.6 Å². The Balaban J connectivity index is 3.18. The number of aromatic nitrogens is 1. The van der Waals surface area contributed by atoms with E-state index in [0.717, 1.165) is 0 Å². The molecule has 1 heterocycles. The predicted octanol–water partition coefficient (Wildman–Crippen LogP) is 0.797. The lowest BCUT2D eigenvalue weighted by Crippen LogP contribution is -2.02. The van der Waals surface area contributed by atoms with Gasteiger partial charge in [0.1, 0.15) is 11.3 Å². The average Bonchev–Trinajstić information content (AvgIpc) is 2.16. The first-order valence-electron chi connectivity index (χ1n) is 3.50. The van der Waals surface area contributed by atoms with Crippen LogP contribution in [0.5, 0.6) is 11.6 Å². The molecule has 0 atom stereocenters. The van der Waals surface area contributed by atoms with Gasteiger partial charge in [-0.05, 0) is 0 Å². The van der Waals surface area contributed by atoms with Crippen LogP contribution in [-0.4, -0.2) is 30.3 Å². The van der Waals surface area contributed by atoms with Gasteiger partial charge in [-0.1, -0.05) is 0 Å². The summed E-state index contributed by atoms with van der Waals surface area (Å²) >= 11 is 0. The molecule has 0 fully saturated rings. The van der Waals surface area contributed by atoms with Crippen LogP contribution < -0.4 is 9.47 Å². The van der Waals surface area contributed by atoms with Gasteiger partial charge in [0.25, 0.3) is 0 Å². The van der Waals surface area contributed by atoms with Crippen molar-refractivity contribution in [1.82, 2.24) is 4.98 Å². The first-order valence-corrected chi connectivity index (χ1v) is 3.50. The van der Waals surface area contributed by atoms with Crippen molar-refractivity contribution in [3.05, 3.63) is 17.8 Å². The molecule has 0 aliphatic rings. The fraction of sp³-hybridized carbons (Fsp3) is 0.250. The highest BCUT2D eigenvalue weighted by Crippen LogP contribution is 2.20. The largest absolute Gasteiger partial charge is 0.495 e. The third-order valence-electron chi connectivity index (χ3n) is 1.49. The van der Waals surface area contributed by atoms with Crippen LogP contribution in [-0.2, 0) is 0 Å². The molecule has 0 unspecified atom stereocenters. The van der Waals surface area contributed by atoms with Crippen LogP contribution in [0.15, 0.2) is 12.3 Å². The van der Waals surface area contributed by atoms with E-state index >= 15 is 0 Å². The molecule has 0 aromatic carbocycles.